The Morgan fingerprint density at radius 3 is 2.82 bits per heavy atom. The first-order chi connectivity index (χ1) is 5.11. The van der Waals surface area contributed by atoms with Crippen molar-refractivity contribution in [1.29, 1.82) is 0 Å². The number of anilines is 1. The van der Waals surface area contributed by atoms with E-state index < -0.39 is 0 Å². The van der Waals surface area contributed by atoms with Gasteiger partial charge in [-0.15, -0.1) is 0 Å². The van der Waals surface area contributed by atoms with Gasteiger partial charge in [-0.1, -0.05) is 0 Å². The van der Waals surface area contributed by atoms with Crippen molar-refractivity contribution in [3.63, 3.8) is 0 Å². The first-order valence-electron chi connectivity index (χ1n) is 2.90. The highest BCUT2D eigenvalue weighted by atomic mass is 79.9. The number of hydrazine groups is 1. The van der Waals surface area contributed by atoms with Crippen LogP contribution in [0.5, 0.6) is 0 Å². The van der Waals surface area contributed by atoms with Crippen molar-refractivity contribution in [1.82, 2.24) is 4.98 Å². The highest BCUT2D eigenvalue weighted by Gasteiger charge is 2.04. The zero-order valence-corrected chi connectivity index (χ0v) is 7.47. The zero-order chi connectivity index (χ0) is 8.43. The van der Waals surface area contributed by atoms with Crippen LogP contribution in [-0.4, -0.2) is 12.0 Å². The fourth-order valence-electron chi connectivity index (χ4n) is 0.667. The molecule has 0 aromatic carbocycles. The van der Waals surface area contributed by atoms with Crippen LogP contribution < -0.4 is 10.9 Å². The van der Waals surface area contributed by atoms with Crippen LogP contribution in [0, 0.1) is 5.82 Å². The second-order valence-electron chi connectivity index (χ2n) is 2.07. The zero-order valence-electron chi connectivity index (χ0n) is 5.88. The van der Waals surface area contributed by atoms with Gasteiger partial charge in [-0.25, -0.2) is 15.2 Å². The number of nitrogens with two attached hydrogens (primary N) is 1. The summed E-state index contributed by atoms with van der Waals surface area (Å²) in [6.07, 6.45) is 1.11. The minimum absolute atomic E-state index is 0.387. The Kier molecular flexibility index (Phi) is 2.41. The average molecular weight is 220 g/mol. The molecule has 1 heterocycles. The van der Waals surface area contributed by atoms with Crippen molar-refractivity contribution in [3.05, 3.63) is 22.6 Å². The second-order valence-corrected chi connectivity index (χ2v) is 2.92. The molecule has 0 bridgehead atoms. The van der Waals surface area contributed by atoms with Gasteiger partial charge in [-0.05, 0) is 22.0 Å². The van der Waals surface area contributed by atoms with Gasteiger partial charge in [0.15, 0.2) is 5.82 Å². The van der Waals surface area contributed by atoms with E-state index in [0.717, 1.165) is 6.20 Å². The maximum absolute atomic E-state index is 12.5. The van der Waals surface area contributed by atoms with Crippen LogP contribution in [-0.2, 0) is 0 Å². The molecule has 1 rings (SSSR count). The fraction of sp³-hybridized carbons (Fsp3) is 0.167. The molecule has 0 fully saturated rings. The summed E-state index contributed by atoms with van der Waals surface area (Å²) in [5.41, 5.74) is 0. The van der Waals surface area contributed by atoms with E-state index in [1.165, 1.54) is 11.1 Å². The lowest BCUT2D eigenvalue weighted by atomic mass is 10.4. The van der Waals surface area contributed by atoms with Gasteiger partial charge in [-0.3, -0.25) is 5.01 Å². The summed E-state index contributed by atoms with van der Waals surface area (Å²) in [4.78, 5) is 3.76. The number of halogens is 2. The molecule has 0 amide bonds. The molecule has 3 nitrogen and oxygen atoms in total. The summed E-state index contributed by atoms with van der Waals surface area (Å²) in [6.45, 7) is 0. The molecule has 5 heteroatoms. The van der Waals surface area contributed by atoms with Crippen LogP contribution in [0.2, 0.25) is 0 Å². The number of aromatic nitrogens is 1. The van der Waals surface area contributed by atoms with E-state index in [9.17, 15) is 4.39 Å². The SMILES string of the molecule is CN(N)c1ncc(F)cc1Br. The minimum atomic E-state index is -0.387. The summed E-state index contributed by atoms with van der Waals surface area (Å²) in [5, 5.41) is 1.31. The first-order valence-corrected chi connectivity index (χ1v) is 3.70. The van der Waals surface area contributed by atoms with Crippen molar-refractivity contribution in [2.45, 2.75) is 0 Å². The van der Waals surface area contributed by atoms with Gasteiger partial charge in [0.2, 0.25) is 0 Å². The van der Waals surface area contributed by atoms with Gasteiger partial charge < -0.3 is 0 Å². The maximum atomic E-state index is 12.5. The van der Waals surface area contributed by atoms with Crippen molar-refractivity contribution in [2.24, 2.45) is 5.84 Å². The Morgan fingerprint density at radius 1 is 1.73 bits per heavy atom. The van der Waals surface area contributed by atoms with Gasteiger partial charge in [-0.2, -0.15) is 0 Å². The van der Waals surface area contributed by atoms with Crippen LogP contribution in [0.4, 0.5) is 10.2 Å². The highest BCUT2D eigenvalue weighted by Crippen LogP contribution is 2.20. The van der Waals surface area contributed by atoms with Crippen molar-refractivity contribution in [3.8, 4) is 0 Å². The summed E-state index contributed by atoms with van der Waals surface area (Å²) in [7, 11) is 1.63. The lowest BCUT2D eigenvalue weighted by Gasteiger charge is -2.11. The summed E-state index contributed by atoms with van der Waals surface area (Å²) >= 11 is 3.12. The molecule has 1 aromatic heterocycles. The normalized spacial score (nSPS) is 9.82. The molecule has 0 unspecified atom stereocenters. The molecule has 0 radical (unpaired) electrons. The number of hydrogen-bond acceptors (Lipinski definition) is 3. The Balaban J connectivity index is 3.09. The lowest BCUT2D eigenvalue weighted by molar-refractivity contribution is 0.620. The summed E-state index contributed by atoms with van der Waals surface area (Å²) in [6, 6.07) is 1.31. The Bertz CT molecular complexity index is 264. The van der Waals surface area contributed by atoms with Crippen molar-refractivity contribution >= 4 is 21.7 Å². The Morgan fingerprint density at radius 2 is 2.36 bits per heavy atom. The van der Waals surface area contributed by atoms with Crippen LogP contribution in [0.1, 0.15) is 0 Å². The molecular weight excluding hydrogens is 213 g/mol. The third-order valence-corrected chi connectivity index (χ3v) is 1.71. The maximum Gasteiger partial charge on any atom is 0.156 e. The van der Waals surface area contributed by atoms with Gasteiger partial charge >= 0.3 is 0 Å². The molecule has 0 saturated carbocycles. The fourth-order valence-corrected chi connectivity index (χ4v) is 1.27. The first kappa shape index (κ1) is 8.42. The minimum Gasteiger partial charge on any atom is -0.297 e. The molecule has 2 N–H and O–H groups in total. The standard InChI is InChI=1S/C6H7BrFN3/c1-11(9)6-5(7)2-4(8)3-10-6/h2-3H,9H2,1H3. The Labute approximate surface area is 72.1 Å². The molecule has 11 heavy (non-hydrogen) atoms. The third kappa shape index (κ3) is 1.87. The summed E-state index contributed by atoms with van der Waals surface area (Å²) in [5.74, 6) is 5.50. The highest BCUT2D eigenvalue weighted by molar-refractivity contribution is 9.10. The lowest BCUT2D eigenvalue weighted by Crippen LogP contribution is -2.26. The molecule has 0 atom stereocenters. The molecule has 0 aliphatic carbocycles. The van der Waals surface area contributed by atoms with Crippen LogP contribution in [0.3, 0.4) is 0 Å². The van der Waals surface area contributed by atoms with Crippen LogP contribution >= 0.6 is 15.9 Å². The van der Waals surface area contributed by atoms with E-state index in [2.05, 4.69) is 20.9 Å². The quantitative estimate of drug-likeness (QED) is 0.572. The van der Waals surface area contributed by atoms with Crippen molar-refractivity contribution < 1.29 is 4.39 Å². The second kappa shape index (κ2) is 3.15. The van der Waals surface area contributed by atoms with Crippen LogP contribution in [0.25, 0.3) is 0 Å². The molecule has 0 aliphatic rings. The van der Waals surface area contributed by atoms with Gasteiger partial charge in [0, 0.05) is 7.05 Å². The monoisotopic (exact) mass is 219 g/mol. The predicted molar refractivity (Wildman–Crippen MR) is 44.5 cm³/mol. The third-order valence-electron chi connectivity index (χ3n) is 1.12. The topological polar surface area (TPSA) is 42.1 Å². The van der Waals surface area contributed by atoms with E-state index in [1.54, 1.807) is 7.05 Å². The Hall–Kier alpha value is -0.680. The molecule has 0 saturated heterocycles. The van der Waals surface area contributed by atoms with Crippen molar-refractivity contribution in [2.75, 3.05) is 12.1 Å². The smallest absolute Gasteiger partial charge is 0.156 e. The predicted octanol–water partition coefficient (Wildman–Crippen LogP) is 1.29. The molecule has 0 spiro atoms. The van der Waals surface area contributed by atoms with Gasteiger partial charge in [0.25, 0.3) is 0 Å². The van der Waals surface area contributed by atoms with Gasteiger partial charge in [0.05, 0.1) is 10.7 Å². The van der Waals surface area contributed by atoms with E-state index >= 15 is 0 Å². The molecule has 60 valence electrons. The van der Waals surface area contributed by atoms with E-state index in [1.807, 2.05) is 0 Å². The molecular formula is C6H7BrFN3. The van der Waals surface area contributed by atoms with Gasteiger partial charge in [0.1, 0.15) is 5.82 Å². The molecule has 0 aliphatic heterocycles. The van der Waals surface area contributed by atoms with Crippen LogP contribution in [0.15, 0.2) is 16.7 Å². The van der Waals surface area contributed by atoms with E-state index in [0.29, 0.717) is 10.3 Å². The summed E-state index contributed by atoms with van der Waals surface area (Å²) < 4.78 is 13.0. The number of nitrogens with zero attached hydrogens (tertiary/aromatic N) is 2. The largest absolute Gasteiger partial charge is 0.297 e. The molecule has 1 aromatic rings. The number of pyridine rings is 1. The average Bonchev–Trinajstić information content (AvgIpc) is 1.85. The number of rotatable bonds is 1. The van der Waals surface area contributed by atoms with E-state index in [-0.39, 0.29) is 5.82 Å². The number of hydrogen-bond donors (Lipinski definition) is 1. The van der Waals surface area contributed by atoms with E-state index in [4.69, 9.17) is 5.84 Å².